The van der Waals surface area contributed by atoms with Crippen LogP contribution in [0.25, 0.3) is 0 Å². The van der Waals surface area contributed by atoms with Crippen molar-refractivity contribution in [2.45, 2.75) is 125 Å². The minimum Gasteiger partial charge on any atom is -0.340 e. The molecule has 0 spiro atoms. The van der Waals surface area contributed by atoms with Crippen molar-refractivity contribution in [3.8, 4) is 0 Å². The third-order valence-corrected chi connectivity index (χ3v) is 8.64. The summed E-state index contributed by atoms with van der Waals surface area (Å²) in [6, 6.07) is 19.0. The Bertz CT molecular complexity index is 963. The van der Waals surface area contributed by atoms with Crippen LogP contribution >= 0.6 is 0 Å². The molecule has 0 aliphatic carbocycles. The number of aliphatic imine (C=N–C) groups is 1. The summed E-state index contributed by atoms with van der Waals surface area (Å²) in [7, 11) is 0. The monoisotopic (exact) mass is 560 g/mol. The molecule has 1 amide bonds. The fourth-order valence-electron chi connectivity index (χ4n) is 5.68. The van der Waals surface area contributed by atoms with Crippen molar-refractivity contribution in [1.82, 2.24) is 4.90 Å². The molecule has 0 heterocycles. The zero-order chi connectivity index (χ0) is 30.0. The summed E-state index contributed by atoms with van der Waals surface area (Å²) in [5.41, 5.74) is 3.87. The zero-order valence-electron chi connectivity index (χ0n) is 27.4. The molecule has 0 N–H and O–H groups in total. The largest absolute Gasteiger partial charge is 0.340 e. The molecule has 0 radical (unpaired) electrons. The molecule has 3 heteroatoms. The van der Waals surface area contributed by atoms with Crippen molar-refractivity contribution in [1.29, 1.82) is 0 Å². The van der Waals surface area contributed by atoms with Crippen LogP contribution in [0, 0.1) is 17.8 Å². The van der Waals surface area contributed by atoms with Gasteiger partial charge in [0.2, 0.25) is 5.91 Å². The van der Waals surface area contributed by atoms with Crippen LogP contribution in [0.3, 0.4) is 0 Å². The van der Waals surface area contributed by atoms with Gasteiger partial charge in [0.25, 0.3) is 0 Å². The Morgan fingerprint density at radius 3 is 1.78 bits per heavy atom. The van der Waals surface area contributed by atoms with Crippen LogP contribution in [0.15, 0.2) is 59.6 Å². The van der Waals surface area contributed by atoms with Gasteiger partial charge in [-0.05, 0) is 59.6 Å². The molecule has 0 saturated heterocycles. The fourth-order valence-corrected chi connectivity index (χ4v) is 5.68. The number of amides is 1. The van der Waals surface area contributed by atoms with Gasteiger partial charge in [0.05, 0.1) is 0 Å². The SMILES string of the molecule is CCCCC(CC)CN(CC(CC)CCCC)C(=O)[C@H](Cc1ccccc1)/N=C/C(C)Cc1ccc(C(C)C)cc1. The number of unbranched alkanes of at least 4 members (excludes halogenated alkanes) is 2. The first-order valence-electron chi connectivity index (χ1n) is 16.8. The Morgan fingerprint density at radius 1 is 0.756 bits per heavy atom. The number of carbonyl (C=O) groups is 1. The van der Waals surface area contributed by atoms with Crippen LogP contribution in [-0.2, 0) is 17.6 Å². The Labute approximate surface area is 253 Å². The maximum Gasteiger partial charge on any atom is 0.247 e. The topological polar surface area (TPSA) is 32.7 Å². The molecular weight excluding hydrogens is 500 g/mol. The van der Waals surface area contributed by atoms with Crippen LogP contribution in [0.2, 0.25) is 0 Å². The number of carbonyl (C=O) groups excluding carboxylic acids is 1. The van der Waals surface area contributed by atoms with Crippen LogP contribution < -0.4 is 0 Å². The average Bonchev–Trinajstić information content (AvgIpc) is 2.98. The molecule has 3 nitrogen and oxygen atoms in total. The van der Waals surface area contributed by atoms with Gasteiger partial charge in [0.1, 0.15) is 6.04 Å². The Kier molecular flexibility index (Phi) is 16.7. The molecule has 2 aromatic rings. The first-order chi connectivity index (χ1) is 19.8. The minimum absolute atomic E-state index is 0.212. The van der Waals surface area contributed by atoms with Crippen LogP contribution in [0.5, 0.6) is 0 Å². The summed E-state index contributed by atoms with van der Waals surface area (Å²) < 4.78 is 0. The highest BCUT2D eigenvalue weighted by atomic mass is 16.2. The molecule has 0 bridgehead atoms. The van der Waals surface area contributed by atoms with E-state index in [0.29, 0.717) is 24.2 Å². The summed E-state index contributed by atoms with van der Waals surface area (Å²) in [5, 5.41) is 0. The highest BCUT2D eigenvalue weighted by Gasteiger charge is 2.27. The second-order valence-electron chi connectivity index (χ2n) is 12.7. The van der Waals surface area contributed by atoms with E-state index >= 15 is 0 Å². The lowest BCUT2D eigenvalue weighted by Gasteiger charge is -2.32. The van der Waals surface area contributed by atoms with E-state index in [1.807, 2.05) is 6.07 Å². The molecule has 41 heavy (non-hydrogen) atoms. The molecule has 0 aromatic heterocycles. The summed E-state index contributed by atoms with van der Waals surface area (Å²) in [6.07, 6.45) is 13.1. The lowest BCUT2D eigenvalue weighted by Crippen LogP contribution is -2.44. The maximum absolute atomic E-state index is 14.4. The predicted octanol–water partition coefficient (Wildman–Crippen LogP) is 9.93. The molecule has 0 aliphatic rings. The Balaban J connectivity index is 2.29. The third kappa shape index (κ3) is 13.0. The van der Waals surface area contributed by atoms with E-state index in [0.717, 1.165) is 32.4 Å². The molecule has 2 aromatic carbocycles. The van der Waals surface area contributed by atoms with Gasteiger partial charge in [-0.1, -0.05) is 142 Å². The summed E-state index contributed by atoms with van der Waals surface area (Å²) >= 11 is 0. The number of hydrogen-bond acceptors (Lipinski definition) is 2. The molecule has 2 rings (SSSR count). The van der Waals surface area contributed by atoms with E-state index in [9.17, 15) is 4.79 Å². The van der Waals surface area contributed by atoms with Crippen molar-refractivity contribution >= 4 is 12.1 Å². The van der Waals surface area contributed by atoms with Gasteiger partial charge in [0.15, 0.2) is 0 Å². The third-order valence-electron chi connectivity index (χ3n) is 8.64. The van der Waals surface area contributed by atoms with Crippen molar-refractivity contribution in [3.05, 3.63) is 71.3 Å². The van der Waals surface area contributed by atoms with Gasteiger partial charge in [-0.25, -0.2) is 0 Å². The second kappa shape index (κ2) is 19.7. The lowest BCUT2D eigenvalue weighted by molar-refractivity contribution is -0.134. The van der Waals surface area contributed by atoms with E-state index in [2.05, 4.69) is 108 Å². The first-order valence-corrected chi connectivity index (χ1v) is 16.8. The number of nitrogens with zero attached hydrogens (tertiary/aromatic N) is 2. The quantitative estimate of drug-likeness (QED) is 0.148. The zero-order valence-corrected chi connectivity index (χ0v) is 27.4. The van der Waals surface area contributed by atoms with Gasteiger partial charge in [0, 0.05) is 25.7 Å². The van der Waals surface area contributed by atoms with Crippen molar-refractivity contribution in [2.24, 2.45) is 22.7 Å². The van der Waals surface area contributed by atoms with E-state index < -0.39 is 0 Å². The van der Waals surface area contributed by atoms with E-state index in [-0.39, 0.29) is 17.9 Å². The predicted molar refractivity (Wildman–Crippen MR) is 179 cm³/mol. The van der Waals surface area contributed by atoms with Crippen LogP contribution in [0.1, 0.15) is 122 Å². The number of benzene rings is 2. The van der Waals surface area contributed by atoms with Crippen molar-refractivity contribution < 1.29 is 4.79 Å². The second-order valence-corrected chi connectivity index (χ2v) is 12.7. The van der Waals surface area contributed by atoms with Gasteiger partial charge in [-0.3, -0.25) is 9.79 Å². The summed E-state index contributed by atoms with van der Waals surface area (Å²) in [4.78, 5) is 21.7. The molecule has 0 aliphatic heterocycles. The Morgan fingerprint density at radius 2 is 1.29 bits per heavy atom. The molecule has 3 unspecified atom stereocenters. The minimum atomic E-state index is -0.379. The summed E-state index contributed by atoms with van der Waals surface area (Å²) in [6.45, 7) is 17.5. The van der Waals surface area contributed by atoms with Crippen LogP contribution in [0.4, 0.5) is 0 Å². The number of rotatable bonds is 20. The van der Waals surface area contributed by atoms with Crippen molar-refractivity contribution in [3.63, 3.8) is 0 Å². The fraction of sp³-hybridized carbons (Fsp3) is 0.632. The van der Waals surface area contributed by atoms with Gasteiger partial charge >= 0.3 is 0 Å². The standard InChI is InChI=1S/C38H60N2O/c1-8-12-17-32(10-3)28-40(29-33(11-4)18-13-9-2)38(41)37(26-34-19-15-14-16-20-34)39-27-31(7)25-35-21-23-36(24-22-35)30(5)6/h14-16,19-24,27,30-33,37H,8-13,17-18,25-26,28-29H2,1-7H3/b39-27+/t31?,32?,33?,37-/m0/s1. The van der Waals surface area contributed by atoms with Gasteiger partial charge < -0.3 is 4.90 Å². The van der Waals surface area contributed by atoms with Gasteiger partial charge in [-0.2, -0.15) is 0 Å². The van der Waals surface area contributed by atoms with E-state index in [1.165, 1.54) is 55.2 Å². The molecule has 4 atom stereocenters. The smallest absolute Gasteiger partial charge is 0.247 e. The van der Waals surface area contributed by atoms with Crippen molar-refractivity contribution in [2.75, 3.05) is 13.1 Å². The number of hydrogen-bond donors (Lipinski definition) is 0. The summed E-state index contributed by atoms with van der Waals surface area (Å²) in [5.74, 6) is 2.12. The molecular formula is C38H60N2O. The van der Waals surface area contributed by atoms with Crippen LogP contribution in [-0.4, -0.2) is 36.2 Å². The molecule has 0 saturated carbocycles. The van der Waals surface area contributed by atoms with E-state index in [1.54, 1.807) is 0 Å². The first kappa shape index (κ1) is 34.8. The molecule has 228 valence electrons. The average molecular weight is 561 g/mol. The Hall–Kier alpha value is -2.42. The highest BCUT2D eigenvalue weighted by Crippen LogP contribution is 2.22. The lowest BCUT2D eigenvalue weighted by atomic mass is 9.94. The molecule has 0 fully saturated rings. The van der Waals surface area contributed by atoms with Gasteiger partial charge in [-0.15, -0.1) is 0 Å². The normalized spacial score (nSPS) is 14.7. The maximum atomic E-state index is 14.4. The highest BCUT2D eigenvalue weighted by molar-refractivity contribution is 5.84. The van der Waals surface area contributed by atoms with E-state index in [4.69, 9.17) is 4.99 Å².